The van der Waals surface area contributed by atoms with Crippen LogP contribution in [-0.2, 0) is 17.8 Å². The van der Waals surface area contributed by atoms with Crippen LogP contribution in [0.4, 0.5) is 5.69 Å². The van der Waals surface area contributed by atoms with Gasteiger partial charge < -0.3 is 16.0 Å². The minimum absolute atomic E-state index is 0.0332. The molecule has 5 nitrogen and oxygen atoms in total. The van der Waals surface area contributed by atoms with Crippen LogP contribution in [0.15, 0.2) is 22.8 Å². The van der Waals surface area contributed by atoms with Gasteiger partial charge in [-0.15, -0.1) is 0 Å². The molecule has 1 aliphatic rings. The molecule has 1 amide bonds. The van der Waals surface area contributed by atoms with Crippen LogP contribution in [0.3, 0.4) is 0 Å². The molecule has 0 saturated carbocycles. The van der Waals surface area contributed by atoms with E-state index < -0.39 is 0 Å². The quantitative estimate of drug-likeness (QED) is 0.791. The Kier molecular flexibility index (Phi) is 2.68. The molecule has 1 aromatic heterocycles. The fraction of sp³-hybridized carbons (Fsp3) is 0.167. The molecule has 18 heavy (non-hydrogen) atoms. The molecule has 0 spiro atoms. The summed E-state index contributed by atoms with van der Waals surface area (Å²) in [5, 5.41) is 2.81. The Morgan fingerprint density at radius 1 is 1.44 bits per heavy atom. The third-order valence-corrected chi connectivity index (χ3v) is 3.48. The zero-order chi connectivity index (χ0) is 12.7. The Morgan fingerprint density at radius 2 is 2.28 bits per heavy atom. The number of halogens is 1. The highest BCUT2D eigenvalue weighted by Crippen LogP contribution is 2.31. The summed E-state index contributed by atoms with van der Waals surface area (Å²) in [5.74, 6) is 0.762. The number of hydrogen-bond donors (Lipinski definition) is 3. The van der Waals surface area contributed by atoms with Crippen LogP contribution in [0.5, 0.6) is 0 Å². The van der Waals surface area contributed by atoms with E-state index in [1.807, 2.05) is 18.2 Å². The Labute approximate surface area is 112 Å². The highest BCUT2D eigenvalue weighted by atomic mass is 79.9. The van der Waals surface area contributed by atoms with E-state index in [2.05, 4.69) is 31.2 Å². The molecule has 0 aliphatic carbocycles. The average molecular weight is 307 g/mol. The smallest absolute Gasteiger partial charge is 0.228 e. The Balaban J connectivity index is 2.05. The topological polar surface area (TPSA) is 83.8 Å². The molecule has 0 bridgehead atoms. The molecular formula is C12H11BrN4O. The Bertz CT molecular complexity index is 635. The second-order valence-electron chi connectivity index (χ2n) is 4.15. The maximum atomic E-state index is 11.3. The van der Waals surface area contributed by atoms with Crippen LogP contribution in [0.25, 0.3) is 11.3 Å². The first-order valence-corrected chi connectivity index (χ1v) is 6.34. The van der Waals surface area contributed by atoms with E-state index in [1.165, 1.54) is 0 Å². The molecule has 6 heteroatoms. The second-order valence-corrected chi connectivity index (χ2v) is 4.94. The standard InChI is InChI=1S/C12H11BrN4O/c13-12-11(16-9(5-14)17-12)6-1-2-8-7(3-6)4-10(18)15-8/h1-3H,4-5,14H2,(H,15,18)(H,16,17). The third kappa shape index (κ3) is 1.83. The maximum Gasteiger partial charge on any atom is 0.228 e. The molecule has 3 rings (SSSR count). The van der Waals surface area contributed by atoms with Crippen LogP contribution in [-0.4, -0.2) is 15.9 Å². The number of amides is 1. The van der Waals surface area contributed by atoms with Crippen molar-refractivity contribution in [1.82, 2.24) is 9.97 Å². The van der Waals surface area contributed by atoms with Crippen LogP contribution in [0, 0.1) is 0 Å². The van der Waals surface area contributed by atoms with Crippen molar-refractivity contribution >= 4 is 27.5 Å². The Morgan fingerprint density at radius 3 is 3.00 bits per heavy atom. The molecule has 92 valence electrons. The summed E-state index contributed by atoms with van der Waals surface area (Å²) in [7, 11) is 0. The Hall–Kier alpha value is -1.66. The number of nitrogens with two attached hydrogens (primary N) is 1. The zero-order valence-electron chi connectivity index (χ0n) is 9.46. The molecule has 0 radical (unpaired) electrons. The SMILES string of the molecule is NCc1nc(-c2ccc3c(c2)CC(=O)N3)c(Br)[nH]1. The van der Waals surface area contributed by atoms with Gasteiger partial charge in [-0.05, 0) is 33.6 Å². The number of rotatable bonds is 2. The number of imidazole rings is 1. The molecule has 0 fully saturated rings. The normalized spacial score (nSPS) is 13.6. The van der Waals surface area contributed by atoms with Crippen LogP contribution >= 0.6 is 15.9 Å². The summed E-state index contributed by atoms with van der Waals surface area (Å²) in [4.78, 5) is 18.8. The van der Waals surface area contributed by atoms with Crippen LogP contribution < -0.4 is 11.1 Å². The third-order valence-electron chi connectivity index (χ3n) is 2.91. The van der Waals surface area contributed by atoms with Gasteiger partial charge in [0, 0.05) is 11.3 Å². The first kappa shape index (κ1) is 11.4. The number of aromatic amines is 1. The molecule has 4 N–H and O–H groups in total. The van der Waals surface area contributed by atoms with Gasteiger partial charge in [0.2, 0.25) is 5.91 Å². The van der Waals surface area contributed by atoms with E-state index >= 15 is 0 Å². The first-order valence-electron chi connectivity index (χ1n) is 5.55. The van der Waals surface area contributed by atoms with Crippen molar-refractivity contribution in [2.75, 3.05) is 5.32 Å². The first-order chi connectivity index (χ1) is 8.67. The van der Waals surface area contributed by atoms with E-state index in [-0.39, 0.29) is 5.91 Å². The van der Waals surface area contributed by atoms with E-state index in [1.54, 1.807) is 0 Å². The van der Waals surface area contributed by atoms with Gasteiger partial charge in [-0.3, -0.25) is 4.79 Å². The number of carbonyl (C=O) groups is 1. The summed E-state index contributed by atoms with van der Waals surface area (Å²) < 4.78 is 0.806. The fourth-order valence-corrected chi connectivity index (χ4v) is 2.61. The minimum Gasteiger partial charge on any atom is -0.335 e. The van der Waals surface area contributed by atoms with E-state index in [0.29, 0.717) is 13.0 Å². The highest BCUT2D eigenvalue weighted by Gasteiger charge is 2.19. The predicted molar refractivity (Wildman–Crippen MR) is 71.9 cm³/mol. The molecule has 1 aliphatic heterocycles. The maximum absolute atomic E-state index is 11.3. The second kappa shape index (κ2) is 4.22. The number of benzene rings is 1. The van der Waals surface area contributed by atoms with Crippen LogP contribution in [0.1, 0.15) is 11.4 Å². The van der Waals surface area contributed by atoms with E-state index in [0.717, 1.165) is 32.9 Å². The van der Waals surface area contributed by atoms with Gasteiger partial charge in [-0.25, -0.2) is 4.98 Å². The lowest BCUT2D eigenvalue weighted by molar-refractivity contribution is -0.115. The number of aromatic nitrogens is 2. The summed E-state index contributed by atoms with van der Waals surface area (Å²) >= 11 is 3.43. The van der Waals surface area contributed by atoms with Crippen molar-refractivity contribution in [2.45, 2.75) is 13.0 Å². The summed E-state index contributed by atoms with van der Waals surface area (Å²) in [6, 6.07) is 5.82. The van der Waals surface area contributed by atoms with Crippen molar-refractivity contribution in [3.05, 3.63) is 34.2 Å². The largest absolute Gasteiger partial charge is 0.335 e. The number of carbonyl (C=O) groups excluding carboxylic acids is 1. The summed E-state index contributed by atoms with van der Waals surface area (Å²) in [6.07, 6.45) is 0.426. The molecular weight excluding hydrogens is 296 g/mol. The lowest BCUT2D eigenvalue weighted by atomic mass is 10.1. The molecule has 0 unspecified atom stereocenters. The van der Waals surface area contributed by atoms with Crippen molar-refractivity contribution in [3.8, 4) is 11.3 Å². The molecule has 2 aromatic rings. The molecule has 0 saturated heterocycles. The molecule has 2 heterocycles. The number of hydrogen-bond acceptors (Lipinski definition) is 3. The summed E-state index contributed by atoms with van der Waals surface area (Å²) in [6.45, 7) is 0.365. The van der Waals surface area contributed by atoms with E-state index in [9.17, 15) is 4.79 Å². The van der Waals surface area contributed by atoms with Crippen molar-refractivity contribution < 1.29 is 4.79 Å². The lowest BCUT2D eigenvalue weighted by Crippen LogP contribution is -2.03. The summed E-state index contributed by atoms with van der Waals surface area (Å²) in [5.41, 5.74) is 9.22. The van der Waals surface area contributed by atoms with E-state index in [4.69, 9.17) is 5.73 Å². The van der Waals surface area contributed by atoms with Gasteiger partial charge in [-0.1, -0.05) is 6.07 Å². The van der Waals surface area contributed by atoms with Crippen molar-refractivity contribution in [2.24, 2.45) is 5.73 Å². The van der Waals surface area contributed by atoms with Gasteiger partial charge in [-0.2, -0.15) is 0 Å². The number of nitrogens with zero attached hydrogens (tertiary/aromatic N) is 1. The van der Waals surface area contributed by atoms with Gasteiger partial charge in [0.05, 0.1) is 13.0 Å². The van der Waals surface area contributed by atoms with Gasteiger partial charge in [0.1, 0.15) is 16.1 Å². The average Bonchev–Trinajstić information content (AvgIpc) is 2.89. The van der Waals surface area contributed by atoms with Crippen molar-refractivity contribution in [3.63, 3.8) is 0 Å². The lowest BCUT2D eigenvalue weighted by Gasteiger charge is -2.02. The zero-order valence-corrected chi connectivity index (χ0v) is 11.0. The molecule has 1 aromatic carbocycles. The van der Waals surface area contributed by atoms with Crippen LogP contribution in [0.2, 0.25) is 0 Å². The minimum atomic E-state index is 0.0332. The number of fused-ring (bicyclic) bond motifs is 1. The van der Waals surface area contributed by atoms with Crippen molar-refractivity contribution in [1.29, 1.82) is 0 Å². The number of H-pyrrole nitrogens is 1. The monoisotopic (exact) mass is 306 g/mol. The highest BCUT2D eigenvalue weighted by molar-refractivity contribution is 9.10. The van der Waals surface area contributed by atoms with Gasteiger partial charge in [0.15, 0.2) is 0 Å². The number of nitrogens with one attached hydrogen (secondary N) is 2. The number of anilines is 1. The predicted octanol–water partition coefficient (Wildman–Crippen LogP) is 1.79. The fourth-order valence-electron chi connectivity index (χ4n) is 2.06. The van der Waals surface area contributed by atoms with Gasteiger partial charge >= 0.3 is 0 Å². The molecule has 0 atom stereocenters. The van der Waals surface area contributed by atoms with Gasteiger partial charge in [0.25, 0.3) is 0 Å².